The molecule has 0 unspecified atom stereocenters. The monoisotopic (exact) mass is 252 g/mol. The minimum Gasteiger partial charge on any atom is -0.396 e. The molecule has 0 aromatic carbocycles. The molecule has 1 rings (SSSR count). The van der Waals surface area contributed by atoms with Gasteiger partial charge in [-0.2, -0.15) is 0 Å². The fraction of sp³-hybridized carbons (Fsp3) is 0.538. The maximum atomic E-state index is 12.3. The van der Waals surface area contributed by atoms with Gasteiger partial charge in [0, 0.05) is 38.5 Å². The third kappa shape index (κ3) is 3.20. The summed E-state index contributed by atoms with van der Waals surface area (Å²) in [5.74, 6) is -0.163. The summed E-state index contributed by atoms with van der Waals surface area (Å²) in [6, 6.07) is 1.62. The zero-order valence-corrected chi connectivity index (χ0v) is 11.1. The summed E-state index contributed by atoms with van der Waals surface area (Å²) in [5.41, 5.74) is 1.04. The fourth-order valence-electron chi connectivity index (χ4n) is 1.80. The van der Waals surface area contributed by atoms with Crippen LogP contribution in [-0.4, -0.2) is 46.0 Å². The highest BCUT2D eigenvalue weighted by Gasteiger charge is 2.18. The van der Waals surface area contributed by atoms with E-state index in [1.54, 1.807) is 28.8 Å². The van der Waals surface area contributed by atoms with Crippen molar-refractivity contribution in [1.82, 2.24) is 9.47 Å². The molecule has 0 atom stereocenters. The molecule has 100 valence electrons. The molecule has 0 fully saturated rings. The van der Waals surface area contributed by atoms with E-state index in [0.717, 1.165) is 0 Å². The minimum absolute atomic E-state index is 0.0527. The van der Waals surface area contributed by atoms with E-state index in [1.807, 2.05) is 6.92 Å². The SMILES string of the molecule is CCN(CCCO)C(=O)c1cc(C(C)=O)cn1C. The van der Waals surface area contributed by atoms with Gasteiger partial charge in [0.1, 0.15) is 5.69 Å². The number of aliphatic hydroxyl groups is 1. The van der Waals surface area contributed by atoms with Crippen LogP contribution in [0.25, 0.3) is 0 Å². The van der Waals surface area contributed by atoms with Gasteiger partial charge in [-0.15, -0.1) is 0 Å². The number of aromatic nitrogens is 1. The lowest BCUT2D eigenvalue weighted by atomic mass is 10.2. The largest absolute Gasteiger partial charge is 0.396 e. The number of hydrogen-bond donors (Lipinski definition) is 1. The van der Waals surface area contributed by atoms with Crippen molar-refractivity contribution < 1.29 is 14.7 Å². The minimum atomic E-state index is -0.110. The molecule has 0 aliphatic heterocycles. The first-order valence-corrected chi connectivity index (χ1v) is 6.08. The van der Waals surface area contributed by atoms with Crippen molar-refractivity contribution in [3.63, 3.8) is 0 Å². The van der Waals surface area contributed by atoms with Gasteiger partial charge in [0.2, 0.25) is 0 Å². The lowest BCUT2D eigenvalue weighted by Gasteiger charge is -2.20. The maximum Gasteiger partial charge on any atom is 0.270 e. The average molecular weight is 252 g/mol. The third-order valence-corrected chi connectivity index (χ3v) is 2.89. The normalized spacial score (nSPS) is 10.4. The van der Waals surface area contributed by atoms with Gasteiger partial charge in [0.05, 0.1) is 0 Å². The van der Waals surface area contributed by atoms with Crippen LogP contribution in [0.4, 0.5) is 0 Å². The first-order chi connectivity index (χ1) is 8.51. The summed E-state index contributed by atoms with van der Waals surface area (Å²) in [7, 11) is 1.75. The van der Waals surface area contributed by atoms with Crippen molar-refractivity contribution in [2.75, 3.05) is 19.7 Å². The molecule has 1 amide bonds. The molecule has 0 saturated heterocycles. The Morgan fingerprint density at radius 1 is 1.44 bits per heavy atom. The predicted molar refractivity (Wildman–Crippen MR) is 68.7 cm³/mol. The molecule has 0 bridgehead atoms. The molecule has 5 nitrogen and oxygen atoms in total. The quantitative estimate of drug-likeness (QED) is 0.770. The smallest absolute Gasteiger partial charge is 0.270 e. The lowest BCUT2D eigenvalue weighted by molar-refractivity contribution is 0.0744. The lowest BCUT2D eigenvalue weighted by Crippen LogP contribution is -2.33. The summed E-state index contributed by atoms with van der Waals surface area (Å²) in [4.78, 5) is 25.2. The predicted octanol–water partition coefficient (Wildman–Crippen LogP) is 1.07. The number of carbonyl (C=O) groups is 2. The second-order valence-corrected chi connectivity index (χ2v) is 4.24. The highest BCUT2D eigenvalue weighted by atomic mass is 16.3. The highest BCUT2D eigenvalue weighted by molar-refractivity contribution is 5.99. The number of aryl methyl sites for hydroxylation is 1. The van der Waals surface area contributed by atoms with Crippen LogP contribution in [0.3, 0.4) is 0 Å². The second-order valence-electron chi connectivity index (χ2n) is 4.24. The van der Waals surface area contributed by atoms with Crippen LogP contribution in [0.15, 0.2) is 12.3 Å². The van der Waals surface area contributed by atoms with Crippen LogP contribution in [0.2, 0.25) is 0 Å². The molecule has 1 N–H and O–H groups in total. The average Bonchev–Trinajstić information content (AvgIpc) is 2.72. The number of amides is 1. The van der Waals surface area contributed by atoms with Crippen LogP contribution < -0.4 is 0 Å². The van der Waals surface area contributed by atoms with E-state index in [1.165, 1.54) is 6.92 Å². The van der Waals surface area contributed by atoms with Gasteiger partial charge in [-0.1, -0.05) is 0 Å². The molecule has 18 heavy (non-hydrogen) atoms. The van der Waals surface area contributed by atoms with Gasteiger partial charge >= 0.3 is 0 Å². The van der Waals surface area contributed by atoms with Crippen molar-refractivity contribution in [2.45, 2.75) is 20.3 Å². The number of rotatable bonds is 6. The number of Topliss-reactive ketones (excluding diaryl/α,β-unsaturated/α-hetero) is 1. The second kappa shape index (κ2) is 6.35. The Morgan fingerprint density at radius 2 is 2.11 bits per heavy atom. The molecular weight excluding hydrogens is 232 g/mol. The molecule has 0 radical (unpaired) electrons. The third-order valence-electron chi connectivity index (χ3n) is 2.89. The van der Waals surface area contributed by atoms with Crippen LogP contribution in [0, 0.1) is 0 Å². The van der Waals surface area contributed by atoms with Crippen LogP contribution in [-0.2, 0) is 7.05 Å². The summed E-state index contributed by atoms with van der Waals surface area (Å²) in [6.07, 6.45) is 2.22. The van der Waals surface area contributed by atoms with Crippen molar-refractivity contribution in [3.05, 3.63) is 23.5 Å². The Morgan fingerprint density at radius 3 is 2.56 bits per heavy atom. The molecule has 1 aromatic rings. The van der Waals surface area contributed by atoms with Crippen molar-refractivity contribution in [2.24, 2.45) is 7.05 Å². The molecule has 0 aliphatic rings. The zero-order chi connectivity index (χ0) is 13.7. The summed E-state index contributed by atoms with van der Waals surface area (Å²) < 4.78 is 1.67. The van der Waals surface area contributed by atoms with E-state index in [9.17, 15) is 9.59 Å². The number of ketones is 1. The summed E-state index contributed by atoms with van der Waals surface area (Å²) in [6.45, 7) is 4.54. The Labute approximate surface area is 107 Å². The molecule has 1 heterocycles. The van der Waals surface area contributed by atoms with Crippen molar-refractivity contribution in [1.29, 1.82) is 0 Å². The molecule has 0 saturated carbocycles. The van der Waals surface area contributed by atoms with E-state index in [0.29, 0.717) is 30.8 Å². The first kappa shape index (κ1) is 14.4. The standard InChI is InChI=1S/C13H20N2O3/c1-4-15(6-5-7-16)13(18)12-8-11(10(2)17)9-14(12)3/h8-9,16H,4-7H2,1-3H3. The number of hydrogen-bond acceptors (Lipinski definition) is 3. The number of carbonyl (C=O) groups excluding carboxylic acids is 2. The maximum absolute atomic E-state index is 12.3. The summed E-state index contributed by atoms with van der Waals surface area (Å²) in [5, 5.41) is 8.81. The van der Waals surface area contributed by atoms with Gasteiger partial charge in [-0.3, -0.25) is 9.59 Å². The van der Waals surface area contributed by atoms with Crippen molar-refractivity contribution in [3.8, 4) is 0 Å². The Balaban J connectivity index is 2.91. The van der Waals surface area contributed by atoms with Gasteiger partial charge < -0.3 is 14.6 Å². The van der Waals surface area contributed by atoms with Crippen LogP contribution in [0.5, 0.6) is 0 Å². The Kier molecular flexibility index (Phi) is 5.09. The molecule has 1 aromatic heterocycles. The molecular formula is C13H20N2O3. The van der Waals surface area contributed by atoms with Gasteiger partial charge in [-0.25, -0.2) is 0 Å². The van der Waals surface area contributed by atoms with E-state index in [2.05, 4.69) is 0 Å². The number of nitrogens with zero attached hydrogens (tertiary/aromatic N) is 2. The zero-order valence-electron chi connectivity index (χ0n) is 11.1. The van der Waals surface area contributed by atoms with E-state index in [4.69, 9.17) is 5.11 Å². The molecule has 5 heteroatoms. The fourth-order valence-corrected chi connectivity index (χ4v) is 1.80. The van der Waals surface area contributed by atoms with Crippen LogP contribution >= 0.6 is 0 Å². The Hall–Kier alpha value is -1.62. The summed E-state index contributed by atoms with van der Waals surface area (Å²) >= 11 is 0. The number of aliphatic hydroxyl groups excluding tert-OH is 1. The molecule has 0 aliphatic carbocycles. The van der Waals surface area contributed by atoms with E-state index >= 15 is 0 Å². The van der Waals surface area contributed by atoms with Gasteiger partial charge in [0.15, 0.2) is 5.78 Å². The van der Waals surface area contributed by atoms with Gasteiger partial charge in [-0.05, 0) is 26.3 Å². The van der Waals surface area contributed by atoms with E-state index < -0.39 is 0 Å². The molecule has 0 spiro atoms. The van der Waals surface area contributed by atoms with Crippen molar-refractivity contribution >= 4 is 11.7 Å². The van der Waals surface area contributed by atoms with Crippen LogP contribution in [0.1, 0.15) is 41.1 Å². The van der Waals surface area contributed by atoms with E-state index in [-0.39, 0.29) is 18.3 Å². The topological polar surface area (TPSA) is 62.5 Å². The Bertz CT molecular complexity index is 437. The first-order valence-electron chi connectivity index (χ1n) is 6.08. The van der Waals surface area contributed by atoms with Gasteiger partial charge in [0.25, 0.3) is 5.91 Å². The highest BCUT2D eigenvalue weighted by Crippen LogP contribution is 2.11.